The van der Waals surface area contributed by atoms with Gasteiger partial charge in [0, 0.05) is 23.4 Å². The summed E-state index contributed by atoms with van der Waals surface area (Å²) >= 11 is 6.81. The third kappa shape index (κ3) is 2.90. The third-order valence-electron chi connectivity index (χ3n) is 3.78. The van der Waals surface area contributed by atoms with Crippen LogP contribution in [0.3, 0.4) is 0 Å². The van der Waals surface area contributed by atoms with Crippen molar-refractivity contribution in [2.24, 2.45) is 0 Å². The van der Waals surface area contributed by atoms with Gasteiger partial charge in [0.15, 0.2) is 10.3 Å². The third-order valence-corrected chi connectivity index (χ3v) is 4.69. The van der Waals surface area contributed by atoms with Gasteiger partial charge in [0.25, 0.3) is 5.91 Å². The highest BCUT2D eigenvalue weighted by atomic mass is 79.9. The summed E-state index contributed by atoms with van der Waals surface area (Å²) in [6.45, 7) is 0. The zero-order valence-electron chi connectivity index (χ0n) is 12.0. The molecule has 23 heavy (non-hydrogen) atoms. The minimum Gasteiger partial charge on any atom is -0.349 e. The number of imidazole rings is 1. The molecule has 116 valence electrons. The summed E-state index contributed by atoms with van der Waals surface area (Å²) in [4.78, 5) is 20.7. The zero-order chi connectivity index (χ0) is 16.0. The first kappa shape index (κ1) is 14.8. The number of halogens is 2. The highest BCUT2D eigenvalue weighted by Crippen LogP contribution is 2.26. The van der Waals surface area contributed by atoms with Crippen molar-refractivity contribution in [1.82, 2.24) is 19.7 Å². The Morgan fingerprint density at radius 2 is 1.96 bits per heavy atom. The van der Waals surface area contributed by atoms with Crippen LogP contribution in [-0.2, 0) is 0 Å². The van der Waals surface area contributed by atoms with Gasteiger partial charge in [-0.25, -0.2) is 9.97 Å². The Balaban J connectivity index is 1.69. The Morgan fingerprint density at radius 1 is 1.22 bits per heavy atom. The van der Waals surface area contributed by atoms with Crippen LogP contribution >= 0.6 is 31.9 Å². The van der Waals surface area contributed by atoms with Crippen molar-refractivity contribution in [2.45, 2.75) is 18.9 Å². The van der Waals surface area contributed by atoms with E-state index < -0.39 is 0 Å². The van der Waals surface area contributed by atoms with Gasteiger partial charge in [0.1, 0.15) is 4.60 Å². The van der Waals surface area contributed by atoms with Crippen molar-refractivity contribution in [3.8, 4) is 11.3 Å². The van der Waals surface area contributed by atoms with E-state index in [2.05, 4.69) is 47.1 Å². The number of nitrogens with zero attached hydrogens (tertiary/aromatic N) is 3. The van der Waals surface area contributed by atoms with Gasteiger partial charge in [0.2, 0.25) is 0 Å². The molecule has 1 fully saturated rings. The molecule has 0 atom stereocenters. The fraction of sp³-hybridized carbons (Fsp3) is 0.188. The number of benzene rings is 1. The number of carbonyl (C=O) groups is 1. The van der Waals surface area contributed by atoms with Crippen LogP contribution < -0.4 is 5.32 Å². The second kappa shape index (κ2) is 5.72. The van der Waals surface area contributed by atoms with Crippen molar-refractivity contribution in [3.05, 3.63) is 51.4 Å². The highest BCUT2D eigenvalue weighted by Gasteiger charge is 2.23. The van der Waals surface area contributed by atoms with E-state index in [0.717, 1.165) is 34.3 Å². The average Bonchev–Trinajstić information content (AvgIpc) is 3.24. The molecular formula is C16H12Br2N4O. The Kier molecular flexibility index (Phi) is 3.69. The van der Waals surface area contributed by atoms with Gasteiger partial charge < -0.3 is 5.32 Å². The molecule has 3 aromatic rings. The van der Waals surface area contributed by atoms with Crippen LogP contribution in [0.15, 0.2) is 45.9 Å². The SMILES string of the molecule is O=C(NC1CC1)c1ccc(-c2cnc3c(Br)nc(Br)cn23)cc1. The average molecular weight is 436 g/mol. The molecule has 1 N–H and O–H groups in total. The molecule has 4 rings (SSSR count). The van der Waals surface area contributed by atoms with E-state index in [1.807, 2.05) is 34.9 Å². The Labute approximate surface area is 149 Å². The molecule has 0 unspecified atom stereocenters. The maximum absolute atomic E-state index is 12.0. The molecule has 1 amide bonds. The molecule has 2 aromatic heterocycles. The van der Waals surface area contributed by atoms with E-state index in [0.29, 0.717) is 16.2 Å². The fourth-order valence-corrected chi connectivity index (χ4v) is 3.53. The Morgan fingerprint density at radius 3 is 2.65 bits per heavy atom. The summed E-state index contributed by atoms with van der Waals surface area (Å²) < 4.78 is 3.36. The van der Waals surface area contributed by atoms with Crippen LogP contribution in [0.2, 0.25) is 0 Å². The second-order valence-corrected chi connectivity index (χ2v) is 7.08. The van der Waals surface area contributed by atoms with E-state index in [1.165, 1.54) is 0 Å². The summed E-state index contributed by atoms with van der Waals surface area (Å²) in [6, 6.07) is 7.93. The van der Waals surface area contributed by atoms with E-state index in [1.54, 1.807) is 6.20 Å². The highest BCUT2D eigenvalue weighted by molar-refractivity contribution is 9.11. The van der Waals surface area contributed by atoms with Gasteiger partial charge in [-0.1, -0.05) is 12.1 Å². The lowest BCUT2D eigenvalue weighted by atomic mass is 10.1. The zero-order valence-corrected chi connectivity index (χ0v) is 15.1. The van der Waals surface area contributed by atoms with Crippen molar-refractivity contribution >= 4 is 43.4 Å². The lowest BCUT2D eigenvalue weighted by Crippen LogP contribution is -2.25. The van der Waals surface area contributed by atoms with E-state index in [9.17, 15) is 4.79 Å². The standard InChI is InChI=1S/C16H12Br2N4O/c17-13-8-22-12(7-19-15(22)14(18)21-13)9-1-3-10(4-2-9)16(23)20-11-5-6-11/h1-4,7-8,11H,5-6H2,(H,20,23). The van der Waals surface area contributed by atoms with Crippen molar-refractivity contribution < 1.29 is 4.79 Å². The lowest BCUT2D eigenvalue weighted by molar-refractivity contribution is 0.0951. The Bertz CT molecular complexity index is 900. The maximum Gasteiger partial charge on any atom is 0.251 e. The molecule has 0 radical (unpaired) electrons. The number of rotatable bonds is 3. The molecule has 1 aromatic carbocycles. The molecule has 0 saturated heterocycles. The number of carbonyl (C=O) groups excluding carboxylic acids is 1. The number of hydrogen-bond donors (Lipinski definition) is 1. The van der Waals surface area contributed by atoms with Gasteiger partial charge >= 0.3 is 0 Å². The van der Waals surface area contributed by atoms with E-state index in [4.69, 9.17) is 0 Å². The minimum atomic E-state index is -0.00752. The molecular weight excluding hydrogens is 424 g/mol. The first-order chi connectivity index (χ1) is 11.1. The van der Waals surface area contributed by atoms with Crippen LogP contribution in [0.1, 0.15) is 23.2 Å². The molecule has 2 heterocycles. The normalized spacial score (nSPS) is 14.2. The van der Waals surface area contributed by atoms with Gasteiger partial charge in [-0.15, -0.1) is 0 Å². The lowest BCUT2D eigenvalue weighted by Gasteiger charge is -2.06. The summed E-state index contributed by atoms with van der Waals surface area (Å²) in [5.74, 6) is -0.00752. The molecule has 0 spiro atoms. The quantitative estimate of drug-likeness (QED) is 0.680. The van der Waals surface area contributed by atoms with Crippen LogP contribution in [0, 0.1) is 0 Å². The van der Waals surface area contributed by atoms with Gasteiger partial charge in [-0.05, 0) is 56.8 Å². The number of nitrogens with one attached hydrogen (secondary N) is 1. The summed E-state index contributed by atoms with van der Waals surface area (Å²) in [5, 5.41) is 2.99. The monoisotopic (exact) mass is 434 g/mol. The number of hydrogen-bond acceptors (Lipinski definition) is 3. The molecule has 1 aliphatic carbocycles. The molecule has 1 saturated carbocycles. The predicted octanol–water partition coefficient (Wildman–Crippen LogP) is 3.81. The second-order valence-electron chi connectivity index (χ2n) is 5.52. The van der Waals surface area contributed by atoms with Crippen molar-refractivity contribution in [1.29, 1.82) is 0 Å². The van der Waals surface area contributed by atoms with Crippen LogP contribution in [-0.4, -0.2) is 26.3 Å². The van der Waals surface area contributed by atoms with Crippen LogP contribution in [0.5, 0.6) is 0 Å². The molecule has 5 nitrogen and oxygen atoms in total. The topological polar surface area (TPSA) is 59.3 Å². The summed E-state index contributed by atoms with van der Waals surface area (Å²) in [6.07, 6.45) is 5.84. The fourth-order valence-electron chi connectivity index (χ4n) is 2.43. The maximum atomic E-state index is 12.0. The van der Waals surface area contributed by atoms with E-state index in [-0.39, 0.29) is 5.91 Å². The number of aromatic nitrogens is 3. The molecule has 1 aliphatic rings. The number of fused-ring (bicyclic) bond motifs is 1. The minimum absolute atomic E-state index is 0.00752. The van der Waals surface area contributed by atoms with Crippen LogP contribution in [0.4, 0.5) is 0 Å². The van der Waals surface area contributed by atoms with E-state index >= 15 is 0 Å². The largest absolute Gasteiger partial charge is 0.349 e. The molecule has 7 heteroatoms. The first-order valence-corrected chi connectivity index (χ1v) is 8.81. The van der Waals surface area contributed by atoms with Gasteiger partial charge in [-0.3, -0.25) is 9.20 Å². The predicted molar refractivity (Wildman–Crippen MR) is 94.3 cm³/mol. The van der Waals surface area contributed by atoms with Gasteiger partial charge in [-0.2, -0.15) is 0 Å². The molecule has 0 bridgehead atoms. The number of amides is 1. The molecule has 0 aliphatic heterocycles. The van der Waals surface area contributed by atoms with Crippen molar-refractivity contribution in [3.63, 3.8) is 0 Å². The van der Waals surface area contributed by atoms with Crippen molar-refractivity contribution in [2.75, 3.05) is 0 Å². The van der Waals surface area contributed by atoms with Crippen LogP contribution in [0.25, 0.3) is 16.9 Å². The smallest absolute Gasteiger partial charge is 0.251 e. The van der Waals surface area contributed by atoms with Gasteiger partial charge in [0.05, 0.1) is 11.9 Å². The summed E-state index contributed by atoms with van der Waals surface area (Å²) in [5.41, 5.74) is 3.36. The first-order valence-electron chi connectivity index (χ1n) is 7.22. The summed E-state index contributed by atoms with van der Waals surface area (Å²) in [7, 11) is 0. The Hall–Kier alpha value is -1.73.